The number of hydrogen-bond donors (Lipinski definition) is 2. The van der Waals surface area contributed by atoms with E-state index in [0.717, 1.165) is 6.92 Å². The molecule has 0 saturated heterocycles. The van der Waals surface area contributed by atoms with E-state index < -0.39 is 24.5 Å². The molecule has 0 bridgehead atoms. The van der Waals surface area contributed by atoms with Crippen molar-refractivity contribution in [2.24, 2.45) is 5.73 Å². The van der Waals surface area contributed by atoms with E-state index in [1.54, 1.807) is 0 Å². The van der Waals surface area contributed by atoms with Gasteiger partial charge >= 0.3 is 18.1 Å². The summed E-state index contributed by atoms with van der Waals surface area (Å²) < 4.78 is 40.1. The molecule has 0 heterocycles. The maximum Gasteiger partial charge on any atom is 0.423 e. The molecule has 0 spiro atoms. The molecule has 3 N–H and O–H groups in total. The Labute approximate surface area is 66.1 Å². The first-order valence-electron chi connectivity index (χ1n) is 3.00. The number of primary amides is 1. The highest BCUT2D eigenvalue weighted by atomic mass is 19.3. The Hall–Kier alpha value is -0.980. The van der Waals surface area contributed by atoms with Crippen molar-refractivity contribution >= 4 is 6.09 Å². The highest BCUT2D eigenvalue weighted by Crippen LogP contribution is 2.33. The van der Waals surface area contributed by atoms with E-state index in [9.17, 15) is 18.0 Å². The molecule has 0 rings (SSSR count). The maximum atomic E-state index is 12.8. The normalized spacial score (nSPS) is 16.8. The van der Waals surface area contributed by atoms with E-state index in [0.29, 0.717) is 0 Å². The van der Waals surface area contributed by atoms with Gasteiger partial charge in [0.05, 0.1) is 0 Å². The molecule has 1 atom stereocenters. The van der Waals surface area contributed by atoms with Crippen LogP contribution in [0.1, 0.15) is 13.3 Å². The van der Waals surface area contributed by atoms with Gasteiger partial charge in [-0.15, -0.1) is 0 Å². The first-order valence-corrected chi connectivity index (χ1v) is 3.00. The molecule has 0 aromatic heterocycles. The molecule has 0 aliphatic rings. The van der Waals surface area contributed by atoms with Crippen molar-refractivity contribution in [1.82, 2.24) is 0 Å². The summed E-state index contributed by atoms with van der Waals surface area (Å²) in [5.41, 5.74) is 4.31. The van der Waals surface area contributed by atoms with Crippen LogP contribution in [0.4, 0.5) is 18.0 Å². The molecule has 1 unspecified atom stereocenters. The monoisotopic (exact) mass is 187 g/mol. The fourth-order valence-corrected chi connectivity index (χ4v) is 0.506. The van der Waals surface area contributed by atoms with E-state index >= 15 is 0 Å². The fourth-order valence-electron chi connectivity index (χ4n) is 0.506. The Morgan fingerprint density at radius 1 is 1.58 bits per heavy atom. The van der Waals surface area contributed by atoms with Crippen LogP contribution in [0, 0.1) is 0 Å². The van der Waals surface area contributed by atoms with Crippen LogP contribution in [0.3, 0.4) is 0 Å². The summed E-state index contributed by atoms with van der Waals surface area (Å²) in [6.07, 6.45) is -7.37. The molecule has 0 radical (unpaired) electrons. The van der Waals surface area contributed by atoms with Gasteiger partial charge in [-0.2, -0.15) is 13.2 Å². The number of ether oxygens (including phenoxy) is 1. The van der Waals surface area contributed by atoms with E-state index in [1.807, 2.05) is 0 Å². The molecule has 0 aromatic carbocycles. The summed E-state index contributed by atoms with van der Waals surface area (Å²) in [6, 6.07) is 0. The standard InChI is InChI=1S/C5H8F3NO3/c1-2-4(6,5(7,8)11)12-3(9)10/h11H,2H2,1H3,(H2,9,10). The first-order chi connectivity index (χ1) is 5.23. The predicted molar refractivity (Wildman–Crippen MR) is 32.0 cm³/mol. The number of halogens is 3. The first kappa shape index (κ1) is 11.0. The lowest BCUT2D eigenvalue weighted by Gasteiger charge is -2.26. The predicted octanol–water partition coefficient (Wildman–Crippen LogP) is 0.743. The molecular formula is C5H8F3NO3. The van der Waals surface area contributed by atoms with E-state index in [4.69, 9.17) is 5.11 Å². The second-order valence-corrected chi connectivity index (χ2v) is 2.04. The molecule has 72 valence electrons. The highest BCUT2D eigenvalue weighted by Gasteiger charge is 2.56. The molecule has 0 aliphatic carbocycles. The topological polar surface area (TPSA) is 72.5 Å². The van der Waals surface area contributed by atoms with Gasteiger partial charge in [0.25, 0.3) is 0 Å². The van der Waals surface area contributed by atoms with Crippen molar-refractivity contribution in [2.75, 3.05) is 0 Å². The molecule has 1 amide bonds. The second kappa shape index (κ2) is 3.18. The summed E-state index contributed by atoms with van der Waals surface area (Å²) in [5, 5.41) is 7.94. The quantitative estimate of drug-likeness (QED) is 0.684. The number of carbonyl (C=O) groups excluding carboxylic acids is 1. The molecule has 7 heteroatoms. The summed E-state index contributed by atoms with van der Waals surface area (Å²) in [5.74, 6) is -3.75. The number of nitrogens with two attached hydrogens (primary N) is 1. The summed E-state index contributed by atoms with van der Waals surface area (Å²) in [6.45, 7) is 0.965. The van der Waals surface area contributed by atoms with E-state index in [1.165, 1.54) is 0 Å². The Balaban J connectivity index is 4.56. The minimum absolute atomic E-state index is 0.903. The largest absolute Gasteiger partial charge is 0.423 e. The second-order valence-electron chi connectivity index (χ2n) is 2.04. The number of hydrogen-bond acceptors (Lipinski definition) is 3. The van der Waals surface area contributed by atoms with Crippen LogP contribution in [0.25, 0.3) is 0 Å². The third-order valence-electron chi connectivity index (χ3n) is 1.17. The van der Waals surface area contributed by atoms with Gasteiger partial charge < -0.3 is 15.6 Å². The number of alkyl halides is 3. The van der Waals surface area contributed by atoms with Gasteiger partial charge in [0.15, 0.2) is 0 Å². The molecule has 4 nitrogen and oxygen atoms in total. The van der Waals surface area contributed by atoms with Crippen molar-refractivity contribution in [3.8, 4) is 0 Å². The minimum Gasteiger partial charge on any atom is -0.403 e. The van der Waals surface area contributed by atoms with Crippen LogP contribution in [0.2, 0.25) is 0 Å². The fraction of sp³-hybridized carbons (Fsp3) is 0.800. The van der Waals surface area contributed by atoms with Gasteiger partial charge in [-0.1, -0.05) is 6.92 Å². The number of amides is 1. The van der Waals surface area contributed by atoms with Crippen LogP contribution in [0.15, 0.2) is 0 Å². The number of carbonyl (C=O) groups is 1. The molecule has 0 fully saturated rings. The van der Waals surface area contributed by atoms with Crippen LogP contribution in [-0.4, -0.2) is 23.2 Å². The average Bonchev–Trinajstić information content (AvgIpc) is 1.83. The highest BCUT2D eigenvalue weighted by molar-refractivity contribution is 5.65. The van der Waals surface area contributed by atoms with E-state index in [-0.39, 0.29) is 0 Å². The van der Waals surface area contributed by atoms with Gasteiger partial charge in [-0.3, -0.25) is 0 Å². The molecular weight excluding hydrogens is 179 g/mol. The molecule has 12 heavy (non-hydrogen) atoms. The van der Waals surface area contributed by atoms with Crippen molar-refractivity contribution in [3.05, 3.63) is 0 Å². The van der Waals surface area contributed by atoms with Crippen LogP contribution >= 0.6 is 0 Å². The Kier molecular flexibility index (Phi) is 2.92. The number of rotatable bonds is 3. The zero-order valence-electron chi connectivity index (χ0n) is 6.18. The third kappa shape index (κ3) is 2.26. The van der Waals surface area contributed by atoms with Crippen LogP contribution < -0.4 is 5.73 Å². The summed E-state index contributed by atoms with van der Waals surface area (Å²) >= 11 is 0. The van der Waals surface area contributed by atoms with Gasteiger partial charge in [-0.25, -0.2) is 4.79 Å². The van der Waals surface area contributed by atoms with Gasteiger partial charge in [0, 0.05) is 6.42 Å². The van der Waals surface area contributed by atoms with Gasteiger partial charge in [0.2, 0.25) is 0 Å². The lowest BCUT2D eigenvalue weighted by Crippen LogP contribution is -2.48. The van der Waals surface area contributed by atoms with Crippen molar-refractivity contribution < 1.29 is 27.8 Å². The van der Waals surface area contributed by atoms with Crippen molar-refractivity contribution in [2.45, 2.75) is 25.3 Å². The van der Waals surface area contributed by atoms with Crippen molar-refractivity contribution in [3.63, 3.8) is 0 Å². The summed E-state index contributed by atoms with van der Waals surface area (Å²) in [4.78, 5) is 9.94. The third-order valence-corrected chi connectivity index (χ3v) is 1.17. The molecule has 0 saturated carbocycles. The van der Waals surface area contributed by atoms with Gasteiger partial charge in [0.1, 0.15) is 0 Å². The zero-order chi connectivity index (χ0) is 9.99. The lowest BCUT2D eigenvalue weighted by atomic mass is 10.2. The maximum absolute atomic E-state index is 12.8. The number of aliphatic hydroxyl groups is 1. The zero-order valence-corrected chi connectivity index (χ0v) is 6.18. The minimum atomic E-state index is -4.75. The SMILES string of the molecule is CCC(F)(OC(N)=O)C(O)(F)F. The Bertz CT molecular complexity index is 181. The van der Waals surface area contributed by atoms with Crippen LogP contribution in [-0.2, 0) is 4.74 Å². The molecule has 0 aliphatic heterocycles. The average molecular weight is 187 g/mol. The van der Waals surface area contributed by atoms with Crippen molar-refractivity contribution in [1.29, 1.82) is 0 Å². The smallest absolute Gasteiger partial charge is 0.403 e. The van der Waals surface area contributed by atoms with E-state index in [2.05, 4.69) is 10.5 Å². The lowest BCUT2D eigenvalue weighted by molar-refractivity contribution is -0.349. The Morgan fingerprint density at radius 3 is 2.08 bits per heavy atom. The Morgan fingerprint density at radius 2 is 2.00 bits per heavy atom. The summed E-state index contributed by atoms with van der Waals surface area (Å²) in [7, 11) is 0. The van der Waals surface area contributed by atoms with Crippen LogP contribution in [0.5, 0.6) is 0 Å². The van der Waals surface area contributed by atoms with Gasteiger partial charge in [-0.05, 0) is 0 Å². The molecule has 0 aromatic rings.